The van der Waals surface area contributed by atoms with Crippen LogP contribution in [0.3, 0.4) is 0 Å². The van der Waals surface area contributed by atoms with Gasteiger partial charge in [0.05, 0.1) is 19.0 Å². The summed E-state index contributed by atoms with van der Waals surface area (Å²) in [5, 5.41) is 37.3. The summed E-state index contributed by atoms with van der Waals surface area (Å²) < 4.78 is 0. The first kappa shape index (κ1) is 86.6. The molecule has 0 fully saturated rings. The van der Waals surface area contributed by atoms with E-state index in [2.05, 4.69) is 106 Å². The molecule has 0 saturated heterocycles. The molecule has 0 aliphatic heterocycles. The number of rotatable bonds is 48. The van der Waals surface area contributed by atoms with Crippen LogP contribution in [0.1, 0.15) is 104 Å². The number of primary amides is 2. The molecule has 36 nitrogen and oxygen atoms in total. The van der Waals surface area contributed by atoms with Gasteiger partial charge in [-0.1, -0.05) is 46.2 Å². The van der Waals surface area contributed by atoms with Crippen LogP contribution in [0.4, 0.5) is 0 Å². The highest BCUT2D eigenvalue weighted by atomic mass is 32.1. The molecule has 30 N–H and O–H groups in total. The Morgan fingerprint density at radius 3 is 1.25 bits per heavy atom. The maximum absolute atomic E-state index is 14.3. The summed E-state index contributed by atoms with van der Waals surface area (Å²) in [4.78, 5) is 183. The lowest BCUT2D eigenvalue weighted by atomic mass is 10.0. The summed E-state index contributed by atoms with van der Waals surface area (Å²) in [5.41, 5.74) is 50.6. The Labute approximate surface area is 580 Å². The molecule has 11 atom stereocenters. The van der Waals surface area contributed by atoms with E-state index in [9.17, 15) is 67.4 Å². The monoisotopic (exact) mass is 1430 g/mol. The van der Waals surface area contributed by atoms with Crippen molar-refractivity contribution in [1.82, 2.24) is 58.5 Å². The second-order valence-corrected chi connectivity index (χ2v) is 24.4. The van der Waals surface area contributed by atoms with Crippen LogP contribution in [0.5, 0.6) is 5.75 Å². The number of unbranched alkanes of at least 4 members (excludes halogenated alkanes) is 2. The Hall–Kier alpha value is -8.40. The van der Waals surface area contributed by atoms with Crippen molar-refractivity contribution in [1.29, 1.82) is 0 Å². The van der Waals surface area contributed by atoms with Crippen LogP contribution in [-0.4, -0.2) is 210 Å². The second kappa shape index (κ2) is 46.7. The van der Waals surface area contributed by atoms with Gasteiger partial charge in [-0.15, -0.1) is 0 Å². The summed E-state index contributed by atoms with van der Waals surface area (Å²) >= 11 is 12.7. The second-order valence-electron chi connectivity index (χ2n) is 23.3. The predicted molar refractivity (Wildman–Crippen MR) is 372 cm³/mol. The van der Waals surface area contributed by atoms with E-state index in [1.807, 2.05) is 0 Å². The number of nitrogens with two attached hydrogens (primary N) is 9. The van der Waals surface area contributed by atoms with E-state index in [4.69, 9.17) is 51.6 Å². The third-order valence-corrected chi connectivity index (χ3v) is 15.6. The van der Waals surface area contributed by atoms with Crippen molar-refractivity contribution in [2.75, 3.05) is 50.0 Å². The summed E-state index contributed by atoms with van der Waals surface area (Å²) in [6.45, 7) is 6.19. The van der Waals surface area contributed by atoms with Crippen LogP contribution >= 0.6 is 37.9 Å². The zero-order chi connectivity index (χ0) is 73.5. The van der Waals surface area contributed by atoms with Gasteiger partial charge in [-0.25, -0.2) is 0 Å². The molecule has 0 aliphatic carbocycles. The summed E-state index contributed by atoms with van der Waals surface area (Å²) in [5.74, 6) is -14.5. The van der Waals surface area contributed by atoms with Crippen molar-refractivity contribution < 1.29 is 67.4 Å². The normalized spacial score (nSPS) is 14.4. The van der Waals surface area contributed by atoms with Gasteiger partial charge in [0.25, 0.3) is 0 Å². The maximum Gasteiger partial charge on any atom is 0.244 e. The lowest BCUT2D eigenvalue weighted by molar-refractivity contribution is -0.136. The average Bonchev–Trinajstić information content (AvgIpc) is 0.891. The minimum Gasteiger partial charge on any atom is -0.508 e. The molecule has 1 aromatic carbocycles. The van der Waals surface area contributed by atoms with Gasteiger partial charge in [0.15, 0.2) is 11.9 Å². The largest absolute Gasteiger partial charge is 0.508 e. The highest BCUT2D eigenvalue weighted by Crippen LogP contribution is 2.14. The van der Waals surface area contributed by atoms with Crippen LogP contribution in [0.25, 0.3) is 0 Å². The zero-order valence-corrected chi connectivity index (χ0v) is 57.8. The molecule has 1 rings (SSSR count). The van der Waals surface area contributed by atoms with Gasteiger partial charge in [0.1, 0.15) is 66.2 Å². The van der Waals surface area contributed by atoms with E-state index < -0.39 is 168 Å². The van der Waals surface area contributed by atoms with Gasteiger partial charge in [0, 0.05) is 36.8 Å². The van der Waals surface area contributed by atoms with Crippen LogP contribution in [0.2, 0.25) is 0 Å². The van der Waals surface area contributed by atoms with E-state index in [0.717, 1.165) is 0 Å². The van der Waals surface area contributed by atoms with E-state index >= 15 is 0 Å². The lowest BCUT2D eigenvalue weighted by Gasteiger charge is -2.29. The predicted octanol–water partition coefficient (Wildman–Crippen LogP) is -7.95. The number of amides is 13. The number of thiol groups is 3. The van der Waals surface area contributed by atoms with Crippen molar-refractivity contribution in [2.24, 2.45) is 73.4 Å². The van der Waals surface area contributed by atoms with Crippen molar-refractivity contribution in [3.8, 4) is 5.75 Å². The molecular weight excluding hydrogens is 1320 g/mol. The number of phenolic OH excluding ortho intramolecular Hbond substituents is 1. The fraction of sp³-hybridized carbons (Fsp3) is 0.638. The number of hydrogen-bond acceptors (Lipinski definition) is 22. The Bertz CT molecular complexity index is 2830. The number of guanidine groups is 2. The molecule has 39 heteroatoms. The molecule has 0 spiro atoms. The first-order valence-electron chi connectivity index (χ1n) is 31.5. The number of aromatic hydroxyl groups is 1. The molecule has 0 radical (unpaired) electrons. The third kappa shape index (κ3) is 34.4. The van der Waals surface area contributed by atoms with Crippen LogP contribution in [0.15, 0.2) is 34.3 Å². The molecular formula is C58H102N22O14S3. The van der Waals surface area contributed by atoms with Crippen molar-refractivity contribution in [3.63, 3.8) is 0 Å². The molecule has 0 bridgehead atoms. The fourth-order valence-corrected chi connectivity index (χ4v) is 9.81. The van der Waals surface area contributed by atoms with Crippen molar-refractivity contribution >= 4 is 127 Å². The summed E-state index contributed by atoms with van der Waals surface area (Å²) in [6.07, 6.45) is 1.33. The van der Waals surface area contributed by atoms with E-state index in [1.165, 1.54) is 24.3 Å². The molecule has 0 aromatic heterocycles. The average molecular weight is 1430 g/mol. The summed E-state index contributed by atoms with van der Waals surface area (Å²) in [7, 11) is 0. The maximum atomic E-state index is 14.3. The number of hydrogen-bond donors (Lipinski definition) is 24. The van der Waals surface area contributed by atoms with Gasteiger partial charge in [-0.05, 0) is 100 Å². The molecule has 0 saturated carbocycles. The SMILES string of the molecule is CC(C)[C@H](NC(=O)[C@H](CS)NC(=O)[C@@H](NC(=O)[C@H](CCCN=C(N)N)NC(=O)[C@H](CCCCN)NC(=O)CNC(=O)[C@H](CC(N)=O)NC(=O)[C@H](CS)NC(=O)[C@H](Cc1ccc(O)cc1)NC(=O)[C@@H](N)CCCCN)C(C)C)C(=O)N[C@@H](CS)C(=O)N[C@@H](CCCN=C(N)N)C(N)=O. The van der Waals surface area contributed by atoms with Gasteiger partial charge in [-0.2, -0.15) is 37.9 Å². The number of aliphatic imine (C=N–C) groups is 2. The topological polar surface area (TPSA) is 633 Å². The zero-order valence-electron chi connectivity index (χ0n) is 55.1. The third-order valence-electron chi connectivity index (χ3n) is 14.5. The standard InChI is InChI=1S/C58H102N22O14S3/c1-29(2)44(55(93)78-41(28-97)54(92)80-45(30(3)4)56(94)77-40(27-96)52(90)72-34(46(63)84)13-9-21-68-57(64)65)79-50(88)36(14-10-22-69-58(66)67)73-49(87)35(12-6-8-20-60)71-43(83)25-70-48(86)38(24-42(62)82)75-53(91)39(26-95)76-51(89)37(23-31-15-17-32(81)18-16-31)74-47(85)33(61)11-5-7-19-59/h15-18,29-30,33-41,44-45,81,95-97H,5-14,19-28,59-61H2,1-4H3,(H2,62,82)(H2,63,84)(H,70,86)(H,71,83)(H,72,90)(H,73,87)(H,74,85)(H,75,91)(H,76,89)(H,77,94)(H,78,93)(H,79,88)(H,80,92)(H4,64,65,68)(H4,66,67,69)/t33-,34-,35-,36-,37-,38-,39-,40-,41-,44-,45-/m0/s1. The molecule has 13 amide bonds. The molecule has 97 heavy (non-hydrogen) atoms. The Balaban J connectivity index is 3.36. The quantitative estimate of drug-likeness (QED) is 0.0125. The molecule has 1 aromatic rings. The van der Waals surface area contributed by atoms with Gasteiger partial charge >= 0.3 is 0 Å². The lowest BCUT2D eigenvalue weighted by Crippen LogP contribution is -2.62. The summed E-state index contributed by atoms with van der Waals surface area (Å²) in [6, 6.07) is -9.23. The Kier molecular flexibility index (Phi) is 41.7. The smallest absolute Gasteiger partial charge is 0.244 e. The minimum atomic E-state index is -1.74. The molecule has 0 aliphatic rings. The van der Waals surface area contributed by atoms with E-state index in [-0.39, 0.29) is 106 Å². The number of carbonyl (C=O) groups excluding carboxylic acids is 13. The van der Waals surface area contributed by atoms with Gasteiger partial charge in [0.2, 0.25) is 76.8 Å². The van der Waals surface area contributed by atoms with Crippen LogP contribution < -0.4 is 110 Å². The molecule has 0 unspecified atom stereocenters. The number of phenols is 1. The first-order valence-corrected chi connectivity index (χ1v) is 33.4. The Morgan fingerprint density at radius 2 is 0.804 bits per heavy atom. The van der Waals surface area contributed by atoms with Crippen molar-refractivity contribution in [2.45, 2.75) is 171 Å². The molecule has 546 valence electrons. The highest BCUT2D eigenvalue weighted by Gasteiger charge is 2.37. The van der Waals surface area contributed by atoms with Gasteiger partial charge < -0.3 is 115 Å². The minimum absolute atomic E-state index is 0.0168. The van der Waals surface area contributed by atoms with Crippen LogP contribution in [0, 0.1) is 11.8 Å². The first-order chi connectivity index (χ1) is 45.7. The fourth-order valence-electron chi connectivity index (χ4n) is 9.04. The van der Waals surface area contributed by atoms with Gasteiger partial charge in [-0.3, -0.25) is 72.3 Å². The number of carbonyl (C=O) groups is 13. The Morgan fingerprint density at radius 1 is 0.433 bits per heavy atom. The van der Waals surface area contributed by atoms with E-state index in [0.29, 0.717) is 31.4 Å². The number of nitrogens with one attached hydrogen (secondary N) is 11. The van der Waals surface area contributed by atoms with Crippen LogP contribution in [-0.2, 0) is 68.7 Å². The van der Waals surface area contributed by atoms with E-state index in [1.54, 1.807) is 27.7 Å². The number of benzene rings is 1. The molecule has 0 heterocycles. The van der Waals surface area contributed by atoms with Crippen molar-refractivity contribution in [3.05, 3.63) is 29.8 Å². The highest BCUT2D eigenvalue weighted by molar-refractivity contribution is 7.80. The number of nitrogens with zero attached hydrogens (tertiary/aromatic N) is 2.